The number of nitrogen functional groups attached to an aromatic ring is 1. The van der Waals surface area contributed by atoms with Crippen LogP contribution in [0, 0.1) is 6.92 Å². The normalized spacial score (nSPS) is 13.5. The minimum atomic E-state index is 0.0843. The number of rotatable bonds is 1. The fourth-order valence-corrected chi connectivity index (χ4v) is 2.76. The monoisotopic (exact) mass is 339 g/mol. The van der Waals surface area contributed by atoms with Gasteiger partial charge in [0, 0.05) is 31.0 Å². The van der Waals surface area contributed by atoms with Crippen molar-refractivity contribution < 1.29 is 4.79 Å². The summed E-state index contributed by atoms with van der Waals surface area (Å²) in [7, 11) is 0. The van der Waals surface area contributed by atoms with Crippen LogP contribution in [0.1, 0.15) is 30.2 Å². The summed E-state index contributed by atoms with van der Waals surface area (Å²) in [4.78, 5) is 17.3. The molecular weight excluding hydrogens is 314 g/mol. The molecule has 0 radical (unpaired) electrons. The Labute approximate surface area is 148 Å². The van der Waals surface area contributed by atoms with Crippen LogP contribution in [0.15, 0.2) is 42.6 Å². The van der Waals surface area contributed by atoms with Crippen molar-refractivity contribution in [2.75, 3.05) is 17.2 Å². The van der Waals surface area contributed by atoms with Gasteiger partial charge in [0.05, 0.1) is 5.70 Å². The summed E-state index contributed by atoms with van der Waals surface area (Å²) in [5, 5.41) is 0. The molecule has 1 aliphatic rings. The Morgan fingerprint density at radius 2 is 2.04 bits per heavy atom. The second-order valence-corrected chi connectivity index (χ2v) is 5.94. The maximum Gasteiger partial charge on any atom is 0.223 e. The molecule has 2 aromatic rings. The molecule has 0 fully saturated rings. The second kappa shape index (κ2) is 8.19. The predicted molar refractivity (Wildman–Crippen MR) is 103 cm³/mol. The van der Waals surface area contributed by atoms with Crippen molar-refractivity contribution in [3.63, 3.8) is 0 Å². The molecule has 2 heterocycles. The van der Waals surface area contributed by atoms with Crippen molar-refractivity contribution in [1.82, 2.24) is 4.98 Å². The fourth-order valence-electron chi connectivity index (χ4n) is 2.76. The molecule has 0 unspecified atom stereocenters. The van der Waals surface area contributed by atoms with E-state index in [1.54, 1.807) is 13.0 Å². The molecular formula is C19H25N5O. The summed E-state index contributed by atoms with van der Waals surface area (Å²) < 4.78 is 0. The number of aromatic nitrogens is 1. The Bertz CT molecular complexity index is 768. The van der Waals surface area contributed by atoms with E-state index in [2.05, 4.69) is 4.98 Å². The van der Waals surface area contributed by atoms with Gasteiger partial charge < -0.3 is 22.1 Å². The number of nitrogens with zero attached hydrogens (tertiary/aromatic N) is 2. The minimum Gasteiger partial charge on any atom is -0.403 e. The van der Waals surface area contributed by atoms with E-state index in [4.69, 9.17) is 17.2 Å². The van der Waals surface area contributed by atoms with Crippen molar-refractivity contribution >= 4 is 23.1 Å². The molecule has 0 saturated heterocycles. The van der Waals surface area contributed by atoms with Crippen molar-refractivity contribution in [2.45, 2.75) is 26.7 Å². The van der Waals surface area contributed by atoms with Gasteiger partial charge >= 0.3 is 0 Å². The Hall–Kier alpha value is -3.02. The van der Waals surface area contributed by atoms with Crippen molar-refractivity contribution in [1.29, 1.82) is 0 Å². The lowest BCUT2D eigenvalue weighted by Gasteiger charge is -2.29. The van der Waals surface area contributed by atoms with E-state index < -0.39 is 0 Å². The molecule has 6 nitrogen and oxygen atoms in total. The predicted octanol–water partition coefficient (Wildman–Crippen LogP) is 2.17. The van der Waals surface area contributed by atoms with Crippen LogP contribution in [-0.4, -0.2) is 17.4 Å². The molecule has 0 bridgehead atoms. The first-order valence-electron chi connectivity index (χ1n) is 8.20. The van der Waals surface area contributed by atoms with Crippen LogP contribution >= 0.6 is 0 Å². The molecule has 0 saturated carbocycles. The van der Waals surface area contributed by atoms with Gasteiger partial charge in [-0.3, -0.25) is 4.79 Å². The smallest absolute Gasteiger partial charge is 0.223 e. The number of aryl methyl sites for hydroxylation is 2. The highest BCUT2D eigenvalue weighted by atomic mass is 16.2. The lowest BCUT2D eigenvalue weighted by molar-refractivity contribution is -0.116. The molecule has 0 atom stereocenters. The van der Waals surface area contributed by atoms with E-state index in [0.29, 0.717) is 11.5 Å². The number of nitrogens with two attached hydrogens (primary N) is 3. The van der Waals surface area contributed by atoms with Gasteiger partial charge in [-0.2, -0.15) is 0 Å². The molecule has 6 N–H and O–H groups in total. The zero-order valence-corrected chi connectivity index (χ0v) is 14.7. The van der Waals surface area contributed by atoms with Gasteiger partial charge in [0.2, 0.25) is 5.91 Å². The third kappa shape index (κ3) is 4.73. The summed E-state index contributed by atoms with van der Waals surface area (Å²) in [5.41, 5.74) is 21.1. The standard InChI is InChI=1S/C13H17N3O.C6H8N2/c1-9(17)16-6-2-3-11-7-10(12(15)8-14)4-5-13(11)16;1-5-3-2-4-6(7)8-5/h4-5,7-8H,2-3,6,14-15H2,1H3;2-4H,1H3,(H2,7,8)/b12-8-;. The van der Waals surface area contributed by atoms with E-state index in [9.17, 15) is 4.79 Å². The number of pyridine rings is 1. The average molecular weight is 339 g/mol. The third-order valence-electron chi connectivity index (χ3n) is 4.00. The summed E-state index contributed by atoms with van der Waals surface area (Å²) in [5.74, 6) is 0.672. The molecule has 1 amide bonds. The maximum atomic E-state index is 11.5. The molecule has 0 spiro atoms. The van der Waals surface area contributed by atoms with Gasteiger partial charge in [0.1, 0.15) is 5.82 Å². The van der Waals surface area contributed by atoms with Crippen LogP contribution in [0.5, 0.6) is 0 Å². The molecule has 0 aliphatic carbocycles. The van der Waals surface area contributed by atoms with Gasteiger partial charge in [-0.1, -0.05) is 12.1 Å². The molecule has 132 valence electrons. The van der Waals surface area contributed by atoms with Crippen molar-refractivity contribution in [3.8, 4) is 0 Å². The molecule has 6 heteroatoms. The first kappa shape index (κ1) is 18.3. The topological polar surface area (TPSA) is 111 Å². The average Bonchev–Trinajstić information content (AvgIpc) is 2.60. The highest BCUT2D eigenvalue weighted by Gasteiger charge is 2.20. The molecule has 25 heavy (non-hydrogen) atoms. The van der Waals surface area contributed by atoms with E-state index >= 15 is 0 Å². The summed E-state index contributed by atoms with van der Waals surface area (Å²) in [6.45, 7) is 4.30. The Kier molecular flexibility index (Phi) is 6.00. The summed E-state index contributed by atoms with van der Waals surface area (Å²) >= 11 is 0. The maximum absolute atomic E-state index is 11.5. The molecule has 1 aromatic heterocycles. The van der Waals surface area contributed by atoms with Crippen LogP contribution in [-0.2, 0) is 11.2 Å². The Morgan fingerprint density at radius 3 is 2.60 bits per heavy atom. The highest BCUT2D eigenvalue weighted by Crippen LogP contribution is 2.29. The Balaban J connectivity index is 0.000000236. The van der Waals surface area contributed by atoms with E-state index in [1.807, 2.05) is 42.2 Å². The van der Waals surface area contributed by atoms with Gasteiger partial charge in [0.25, 0.3) is 0 Å². The zero-order valence-electron chi connectivity index (χ0n) is 14.7. The number of carbonyl (C=O) groups excluding carboxylic acids is 1. The van der Waals surface area contributed by atoms with Gasteiger partial charge in [0.15, 0.2) is 0 Å². The van der Waals surface area contributed by atoms with Crippen LogP contribution in [0.4, 0.5) is 11.5 Å². The van der Waals surface area contributed by atoms with E-state index in [0.717, 1.165) is 41.9 Å². The number of amides is 1. The minimum absolute atomic E-state index is 0.0843. The number of hydrogen-bond acceptors (Lipinski definition) is 5. The van der Waals surface area contributed by atoms with Gasteiger partial charge in [-0.15, -0.1) is 0 Å². The highest BCUT2D eigenvalue weighted by molar-refractivity contribution is 5.93. The van der Waals surface area contributed by atoms with Gasteiger partial charge in [-0.05, 0) is 55.2 Å². The first-order chi connectivity index (χ1) is 11.9. The largest absolute Gasteiger partial charge is 0.403 e. The summed E-state index contributed by atoms with van der Waals surface area (Å²) in [6, 6.07) is 11.4. The summed E-state index contributed by atoms with van der Waals surface area (Å²) in [6.07, 6.45) is 3.36. The second-order valence-electron chi connectivity index (χ2n) is 5.94. The van der Waals surface area contributed by atoms with E-state index in [-0.39, 0.29) is 5.91 Å². The molecule has 1 aliphatic heterocycles. The van der Waals surface area contributed by atoms with Crippen molar-refractivity contribution in [3.05, 3.63) is 59.4 Å². The quantitative estimate of drug-likeness (QED) is 0.737. The van der Waals surface area contributed by atoms with Crippen LogP contribution in [0.2, 0.25) is 0 Å². The lowest BCUT2D eigenvalue weighted by Crippen LogP contribution is -2.33. The third-order valence-corrected chi connectivity index (χ3v) is 4.00. The number of carbonyl (C=O) groups is 1. The number of hydrogen-bond donors (Lipinski definition) is 3. The Morgan fingerprint density at radius 1 is 1.28 bits per heavy atom. The van der Waals surface area contributed by atoms with E-state index in [1.165, 1.54) is 6.20 Å². The fraction of sp³-hybridized carbons (Fsp3) is 0.263. The molecule has 1 aromatic carbocycles. The zero-order chi connectivity index (χ0) is 18.4. The SMILES string of the molecule is CC(=O)N1CCCc2cc(/C(N)=C/N)ccc21.Cc1cccc(N)n1. The first-order valence-corrected chi connectivity index (χ1v) is 8.20. The van der Waals surface area contributed by atoms with Gasteiger partial charge in [-0.25, -0.2) is 4.98 Å². The van der Waals surface area contributed by atoms with Crippen LogP contribution in [0.3, 0.4) is 0 Å². The number of benzene rings is 1. The van der Waals surface area contributed by atoms with Crippen LogP contribution in [0.25, 0.3) is 5.70 Å². The molecule has 3 rings (SSSR count). The number of anilines is 2. The number of fused-ring (bicyclic) bond motifs is 1. The lowest BCUT2D eigenvalue weighted by atomic mass is 9.98. The van der Waals surface area contributed by atoms with Crippen molar-refractivity contribution in [2.24, 2.45) is 11.5 Å². The van der Waals surface area contributed by atoms with Crippen LogP contribution < -0.4 is 22.1 Å².